The Morgan fingerprint density at radius 1 is 1.44 bits per heavy atom. The molecular weight excluding hydrogens is 250 g/mol. The van der Waals surface area contributed by atoms with Gasteiger partial charge in [-0.3, -0.25) is 0 Å². The maximum atomic E-state index is 11.7. The van der Waals surface area contributed by atoms with Gasteiger partial charge in [-0.2, -0.15) is 0 Å². The van der Waals surface area contributed by atoms with Gasteiger partial charge in [-0.15, -0.1) is 11.3 Å². The number of nitrogens with zero attached hydrogens (tertiary/aromatic N) is 2. The zero-order valence-electron chi connectivity index (χ0n) is 10.1. The van der Waals surface area contributed by atoms with Gasteiger partial charge in [0.1, 0.15) is 17.3 Å². The molecule has 18 heavy (non-hydrogen) atoms. The summed E-state index contributed by atoms with van der Waals surface area (Å²) >= 11 is 1.53. The molecule has 0 bridgehead atoms. The van der Waals surface area contributed by atoms with Crippen molar-refractivity contribution in [2.24, 2.45) is 0 Å². The molecule has 0 saturated carbocycles. The van der Waals surface area contributed by atoms with Crippen LogP contribution in [0, 0.1) is 13.8 Å². The molecule has 0 aliphatic heterocycles. The van der Waals surface area contributed by atoms with E-state index in [-0.39, 0.29) is 12.3 Å². The van der Waals surface area contributed by atoms with Crippen LogP contribution >= 0.6 is 11.3 Å². The SMILES string of the molecule is Cc1nc(COC(=O)c2ccc(N)cn2)sc1C. The topological polar surface area (TPSA) is 78.1 Å². The lowest BCUT2D eigenvalue weighted by Crippen LogP contribution is -2.07. The number of carbonyl (C=O) groups is 1. The van der Waals surface area contributed by atoms with E-state index in [4.69, 9.17) is 10.5 Å². The Hall–Kier alpha value is -1.95. The Kier molecular flexibility index (Phi) is 3.57. The van der Waals surface area contributed by atoms with Gasteiger partial charge in [-0.25, -0.2) is 14.8 Å². The third kappa shape index (κ3) is 2.84. The normalized spacial score (nSPS) is 10.3. The van der Waals surface area contributed by atoms with Crippen LogP contribution < -0.4 is 5.73 Å². The predicted molar refractivity (Wildman–Crippen MR) is 69.4 cm³/mol. The van der Waals surface area contributed by atoms with E-state index in [2.05, 4.69) is 9.97 Å². The number of ether oxygens (including phenoxy) is 1. The molecule has 2 aromatic heterocycles. The molecule has 0 saturated heterocycles. The first-order valence-electron chi connectivity index (χ1n) is 5.38. The highest BCUT2D eigenvalue weighted by Gasteiger charge is 2.10. The van der Waals surface area contributed by atoms with Gasteiger partial charge in [-0.1, -0.05) is 0 Å². The summed E-state index contributed by atoms with van der Waals surface area (Å²) in [5.41, 5.74) is 7.21. The first-order chi connectivity index (χ1) is 8.56. The van der Waals surface area contributed by atoms with Crippen molar-refractivity contribution in [1.82, 2.24) is 9.97 Å². The number of aryl methyl sites for hydroxylation is 2. The largest absolute Gasteiger partial charge is 0.454 e. The lowest BCUT2D eigenvalue weighted by Gasteiger charge is -2.01. The van der Waals surface area contributed by atoms with Crippen LogP contribution in [0.3, 0.4) is 0 Å². The van der Waals surface area contributed by atoms with Gasteiger partial charge in [0.2, 0.25) is 0 Å². The predicted octanol–water partition coefficient (Wildman–Crippen LogP) is 2.09. The molecule has 0 radical (unpaired) electrons. The third-order valence-corrected chi connectivity index (χ3v) is 3.44. The quantitative estimate of drug-likeness (QED) is 0.858. The summed E-state index contributed by atoms with van der Waals surface area (Å²) in [4.78, 5) is 21.0. The van der Waals surface area contributed by atoms with Gasteiger partial charge in [0.25, 0.3) is 0 Å². The van der Waals surface area contributed by atoms with Crippen molar-refractivity contribution < 1.29 is 9.53 Å². The molecule has 0 fully saturated rings. The smallest absolute Gasteiger partial charge is 0.357 e. The number of nitrogen functional groups attached to an aromatic ring is 1. The van der Waals surface area contributed by atoms with Gasteiger partial charge >= 0.3 is 5.97 Å². The van der Waals surface area contributed by atoms with Crippen molar-refractivity contribution in [3.05, 3.63) is 39.6 Å². The number of thiazole rings is 1. The van der Waals surface area contributed by atoms with Crippen molar-refractivity contribution in [3.63, 3.8) is 0 Å². The Morgan fingerprint density at radius 2 is 2.22 bits per heavy atom. The van der Waals surface area contributed by atoms with E-state index in [9.17, 15) is 4.79 Å². The first kappa shape index (κ1) is 12.5. The van der Waals surface area contributed by atoms with Crippen molar-refractivity contribution in [1.29, 1.82) is 0 Å². The summed E-state index contributed by atoms with van der Waals surface area (Å²) in [6, 6.07) is 3.15. The molecule has 2 rings (SSSR count). The van der Waals surface area contributed by atoms with Gasteiger partial charge in [0.05, 0.1) is 17.6 Å². The highest BCUT2D eigenvalue weighted by atomic mass is 32.1. The maximum absolute atomic E-state index is 11.7. The monoisotopic (exact) mass is 263 g/mol. The Balaban J connectivity index is 1.98. The molecule has 2 heterocycles. The molecule has 2 aromatic rings. The molecule has 0 unspecified atom stereocenters. The lowest BCUT2D eigenvalue weighted by atomic mass is 10.3. The highest BCUT2D eigenvalue weighted by Crippen LogP contribution is 2.17. The molecule has 0 spiro atoms. The summed E-state index contributed by atoms with van der Waals surface area (Å²) in [7, 11) is 0. The molecular formula is C12H13N3O2S. The fraction of sp³-hybridized carbons (Fsp3) is 0.250. The molecule has 0 aliphatic rings. The number of carbonyl (C=O) groups excluding carboxylic acids is 1. The van der Waals surface area contributed by atoms with Crippen molar-refractivity contribution >= 4 is 23.0 Å². The van der Waals surface area contributed by atoms with Crippen LogP contribution in [0.15, 0.2) is 18.3 Å². The van der Waals surface area contributed by atoms with Gasteiger partial charge in [-0.05, 0) is 26.0 Å². The fourth-order valence-electron chi connectivity index (χ4n) is 1.33. The van der Waals surface area contributed by atoms with Gasteiger partial charge in [0.15, 0.2) is 0 Å². The van der Waals surface area contributed by atoms with E-state index in [1.807, 2.05) is 13.8 Å². The zero-order chi connectivity index (χ0) is 13.1. The average Bonchev–Trinajstić information content (AvgIpc) is 2.67. The van der Waals surface area contributed by atoms with E-state index in [0.29, 0.717) is 5.69 Å². The fourth-order valence-corrected chi connectivity index (χ4v) is 2.18. The van der Waals surface area contributed by atoms with E-state index in [1.54, 1.807) is 6.07 Å². The number of esters is 1. The highest BCUT2D eigenvalue weighted by molar-refractivity contribution is 7.11. The zero-order valence-corrected chi connectivity index (χ0v) is 11.0. The summed E-state index contributed by atoms with van der Waals surface area (Å²) in [5, 5.41) is 0.786. The molecule has 0 aromatic carbocycles. The number of nitrogens with two attached hydrogens (primary N) is 1. The second kappa shape index (κ2) is 5.14. The van der Waals surface area contributed by atoms with Crippen molar-refractivity contribution in [2.75, 3.05) is 5.73 Å². The van der Waals surface area contributed by atoms with Crippen LogP contribution in [-0.4, -0.2) is 15.9 Å². The van der Waals surface area contributed by atoms with Gasteiger partial charge in [0, 0.05) is 4.88 Å². The first-order valence-corrected chi connectivity index (χ1v) is 6.19. The van der Waals surface area contributed by atoms with Crippen molar-refractivity contribution in [3.8, 4) is 0 Å². The van der Waals surface area contributed by atoms with Gasteiger partial charge < -0.3 is 10.5 Å². The van der Waals surface area contributed by atoms with Crippen molar-refractivity contribution in [2.45, 2.75) is 20.5 Å². The van der Waals surface area contributed by atoms with Crippen LogP contribution in [-0.2, 0) is 11.3 Å². The number of hydrogen-bond acceptors (Lipinski definition) is 6. The van der Waals surface area contributed by atoms with Crippen LogP contribution in [0.25, 0.3) is 0 Å². The summed E-state index contributed by atoms with van der Waals surface area (Å²) in [5.74, 6) is -0.472. The van der Waals surface area contributed by atoms with E-state index in [1.165, 1.54) is 23.6 Å². The number of anilines is 1. The minimum atomic E-state index is -0.472. The molecule has 0 amide bonds. The standard InChI is InChI=1S/C12H13N3O2S/c1-7-8(2)18-11(15-7)6-17-12(16)10-4-3-9(13)5-14-10/h3-5H,6,13H2,1-2H3. The third-order valence-electron chi connectivity index (χ3n) is 2.40. The lowest BCUT2D eigenvalue weighted by molar-refractivity contribution is 0.0465. The minimum absolute atomic E-state index is 0.171. The number of pyridine rings is 1. The Morgan fingerprint density at radius 3 is 2.78 bits per heavy atom. The summed E-state index contributed by atoms with van der Waals surface area (Å²) in [6.07, 6.45) is 1.42. The average molecular weight is 263 g/mol. The summed E-state index contributed by atoms with van der Waals surface area (Å²) in [6.45, 7) is 4.09. The number of hydrogen-bond donors (Lipinski definition) is 1. The minimum Gasteiger partial charge on any atom is -0.454 e. The second-order valence-electron chi connectivity index (χ2n) is 3.80. The number of aromatic nitrogens is 2. The molecule has 2 N–H and O–H groups in total. The molecule has 0 atom stereocenters. The van der Waals surface area contributed by atoms with Crippen LogP contribution in [0.5, 0.6) is 0 Å². The van der Waals surface area contributed by atoms with Crippen LogP contribution in [0.1, 0.15) is 26.1 Å². The molecule has 0 aliphatic carbocycles. The summed E-state index contributed by atoms with van der Waals surface area (Å²) < 4.78 is 5.13. The maximum Gasteiger partial charge on any atom is 0.357 e. The Labute approximate surface area is 109 Å². The van der Waals surface area contributed by atoms with Crippen LogP contribution in [0.4, 0.5) is 5.69 Å². The Bertz CT molecular complexity index is 544. The molecule has 5 nitrogen and oxygen atoms in total. The molecule has 94 valence electrons. The number of rotatable bonds is 3. The molecule has 6 heteroatoms. The van der Waals surface area contributed by atoms with Crippen LogP contribution in [0.2, 0.25) is 0 Å². The van der Waals surface area contributed by atoms with E-state index < -0.39 is 5.97 Å². The van der Waals surface area contributed by atoms with E-state index >= 15 is 0 Å². The van der Waals surface area contributed by atoms with E-state index in [0.717, 1.165) is 15.6 Å². The second-order valence-corrected chi connectivity index (χ2v) is 5.09.